The van der Waals surface area contributed by atoms with Crippen molar-refractivity contribution in [3.05, 3.63) is 75.3 Å². The minimum Gasteiger partial charge on any atom is -0.345 e. The summed E-state index contributed by atoms with van der Waals surface area (Å²) in [4.78, 5) is 22.7. The van der Waals surface area contributed by atoms with Crippen molar-refractivity contribution in [2.45, 2.75) is 25.3 Å². The Balaban J connectivity index is 1.81. The van der Waals surface area contributed by atoms with Crippen LogP contribution in [0.1, 0.15) is 40.4 Å². The van der Waals surface area contributed by atoms with Gasteiger partial charge in [0.2, 0.25) is 0 Å². The van der Waals surface area contributed by atoms with Crippen LogP contribution in [0.25, 0.3) is 0 Å². The van der Waals surface area contributed by atoms with Gasteiger partial charge in [-0.1, -0.05) is 30.3 Å². The number of carbonyl (C=O) groups excluding carboxylic acids is 1. The molecule has 1 amide bonds. The molecule has 0 radical (unpaired) electrons. The number of nitrogens with one attached hydrogen (secondary N) is 1. The van der Waals surface area contributed by atoms with Gasteiger partial charge in [0.15, 0.2) is 0 Å². The zero-order valence-electron chi connectivity index (χ0n) is 12.0. The number of nitro groups is 1. The van der Waals surface area contributed by atoms with Crippen molar-refractivity contribution in [1.82, 2.24) is 5.32 Å². The van der Waals surface area contributed by atoms with Gasteiger partial charge in [-0.15, -0.1) is 0 Å². The van der Waals surface area contributed by atoms with E-state index in [1.54, 1.807) is 6.07 Å². The molecule has 0 saturated carbocycles. The molecule has 5 heteroatoms. The third-order valence-corrected chi connectivity index (χ3v) is 3.99. The van der Waals surface area contributed by atoms with Crippen LogP contribution in [-0.2, 0) is 6.42 Å². The highest BCUT2D eigenvalue weighted by Gasteiger charge is 2.22. The maximum absolute atomic E-state index is 12.4. The van der Waals surface area contributed by atoms with Crippen LogP contribution in [0, 0.1) is 10.1 Å². The van der Waals surface area contributed by atoms with Gasteiger partial charge in [0.1, 0.15) is 0 Å². The Hall–Kier alpha value is -2.69. The van der Waals surface area contributed by atoms with E-state index in [-0.39, 0.29) is 17.6 Å². The molecule has 1 aliphatic rings. The topological polar surface area (TPSA) is 72.2 Å². The maximum Gasteiger partial charge on any atom is 0.270 e. The quantitative estimate of drug-likeness (QED) is 0.697. The molecule has 0 aliphatic heterocycles. The van der Waals surface area contributed by atoms with E-state index < -0.39 is 4.92 Å². The van der Waals surface area contributed by atoms with Gasteiger partial charge in [0.05, 0.1) is 11.0 Å². The number of hydrogen-bond donors (Lipinski definition) is 1. The van der Waals surface area contributed by atoms with Crippen molar-refractivity contribution in [2.24, 2.45) is 0 Å². The first kappa shape index (κ1) is 14.3. The molecule has 2 aromatic carbocycles. The fourth-order valence-corrected chi connectivity index (χ4v) is 2.91. The molecule has 0 bridgehead atoms. The van der Waals surface area contributed by atoms with Crippen LogP contribution in [0.4, 0.5) is 5.69 Å². The number of non-ortho nitro benzene ring substituents is 1. The lowest BCUT2D eigenvalue weighted by Crippen LogP contribution is -2.30. The van der Waals surface area contributed by atoms with Crippen molar-refractivity contribution < 1.29 is 9.72 Å². The SMILES string of the molecule is O=C(NC1CCCc2ccccc21)c1cccc([N+](=O)[O-])c1. The van der Waals surface area contributed by atoms with Gasteiger partial charge in [0, 0.05) is 17.7 Å². The molecule has 1 atom stereocenters. The molecule has 5 nitrogen and oxygen atoms in total. The number of rotatable bonds is 3. The van der Waals surface area contributed by atoms with E-state index in [9.17, 15) is 14.9 Å². The molecule has 112 valence electrons. The second-order valence-electron chi connectivity index (χ2n) is 5.42. The Labute approximate surface area is 128 Å². The minimum absolute atomic E-state index is 0.0308. The van der Waals surface area contributed by atoms with E-state index in [1.807, 2.05) is 18.2 Å². The molecule has 3 rings (SSSR count). The molecular formula is C17H16N2O3. The zero-order valence-corrected chi connectivity index (χ0v) is 12.0. The molecule has 0 saturated heterocycles. The fourth-order valence-electron chi connectivity index (χ4n) is 2.91. The number of nitro benzene ring substituents is 1. The van der Waals surface area contributed by atoms with Crippen LogP contribution in [0.15, 0.2) is 48.5 Å². The molecule has 0 heterocycles. The molecule has 22 heavy (non-hydrogen) atoms. The van der Waals surface area contributed by atoms with Crippen molar-refractivity contribution in [1.29, 1.82) is 0 Å². The van der Waals surface area contributed by atoms with Crippen LogP contribution in [0.5, 0.6) is 0 Å². The van der Waals surface area contributed by atoms with Crippen molar-refractivity contribution in [3.8, 4) is 0 Å². The first-order valence-corrected chi connectivity index (χ1v) is 7.28. The summed E-state index contributed by atoms with van der Waals surface area (Å²) in [6.45, 7) is 0. The maximum atomic E-state index is 12.4. The van der Waals surface area contributed by atoms with Crippen molar-refractivity contribution >= 4 is 11.6 Å². The summed E-state index contributed by atoms with van der Waals surface area (Å²) >= 11 is 0. The third-order valence-electron chi connectivity index (χ3n) is 3.99. The average Bonchev–Trinajstić information content (AvgIpc) is 2.55. The summed E-state index contributed by atoms with van der Waals surface area (Å²) in [6.07, 6.45) is 2.94. The van der Waals surface area contributed by atoms with Crippen molar-refractivity contribution in [3.63, 3.8) is 0 Å². The molecule has 1 N–H and O–H groups in total. The van der Waals surface area contributed by atoms with Gasteiger partial charge in [-0.25, -0.2) is 0 Å². The van der Waals surface area contributed by atoms with E-state index in [4.69, 9.17) is 0 Å². The van der Waals surface area contributed by atoms with E-state index in [2.05, 4.69) is 11.4 Å². The number of fused-ring (bicyclic) bond motifs is 1. The second kappa shape index (κ2) is 5.97. The lowest BCUT2D eigenvalue weighted by molar-refractivity contribution is -0.384. The molecule has 1 aliphatic carbocycles. The first-order valence-electron chi connectivity index (χ1n) is 7.28. The lowest BCUT2D eigenvalue weighted by atomic mass is 9.87. The number of nitrogens with zero attached hydrogens (tertiary/aromatic N) is 1. The van der Waals surface area contributed by atoms with E-state index >= 15 is 0 Å². The van der Waals surface area contributed by atoms with Gasteiger partial charge in [-0.05, 0) is 36.5 Å². The van der Waals surface area contributed by atoms with E-state index in [1.165, 1.54) is 23.8 Å². The Bertz CT molecular complexity index is 727. The summed E-state index contributed by atoms with van der Waals surface area (Å²) in [5.41, 5.74) is 2.65. The number of amides is 1. The smallest absolute Gasteiger partial charge is 0.270 e. The third kappa shape index (κ3) is 2.83. The van der Waals surface area contributed by atoms with Crippen LogP contribution in [0.2, 0.25) is 0 Å². The van der Waals surface area contributed by atoms with Gasteiger partial charge >= 0.3 is 0 Å². The average molecular weight is 296 g/mol. The van der Waals surface area contributed by atoms with Crippen LogP contribution >= 0.6 is 0 Å². The van der Waals surface area contributed by atoms with Crippen LogP contribution < -0.4 is 5.32 Å². The predicted octanol–water partition coefficient (Wildman–Crippen LogP) is 3.40. The van der Waals surface area contributed by atoms with Gasteiger partial charge in [0.25, 0.3) is 11.6 Å². The Morgan fingerprint density at radius 2 is 2.00 bits per heavy atom. The summed E-state index contributed by atoms with van der Waals surface area (Å²) in [7, 11) is 0. The summed E-state index contributed by atoms with van der Waals surface area (Å²) in [5, 5.41) is 13.8. The van der Waals surface area contributed by atoms with E-state index in [0.717, 1.165) is 24.8 Å². The van der Waals surface area contributed by atoms with Crippen LogP contribution in [-0.4, -0.2) is 10.8 Å². The monoisotopic (exact) mass is 296 g/mol. The highest BCUT2D eigenvalue weighted by molar-refractivity contribution is 5.95. The fraction of sp³-hybridized carbons (Fsp3) is 0.235. The van der Waals surface area contributed by atoms with E-state index in [0.29, 0.717) is 5.56 Å². The molecule has 0 aromatic heterocycles. The largest absolute Gasteiger partial charge is 0.345 e. The predicted molar refractivity (Wildman–Crippen MR) is 82.7 cm³/mol. The van der Waals surface area contributed by atoms with Gasteiger partial charge in [-0.3, -0.25) is 14.9 Å². The van der Waals surface area contributed by atoms with Crippen LogP contribution in [0.3, 0.4) is 0 Å². The van der Waals surface area contributed by atoms with Gasteiger partial charge in [-0.2, -0.15) is 0 Å². The van der Waals surface area contributed by atoms with Crippen molar-refractivity contribution in [2.75, 3.05) is 0 Å². The number of aryl methyl sites for hydroxylation is 1. The molecule has 0 fully saturated rings. The molecular weight excluding hydrogens is 280 g/mol. The van der Waals surface area contributed by atoms with Gasteiger partial charge < -0.3 is 5.32 Å². The number of carbonyl (C=O) groups is 1. The lowest BCUT2D eigenvalue weighted by Gasteiger charge is -2.26. The Kier molecular flexibility index (Phi) is 3.87. The summed E-state index contributed by atoms with van der Waals surface area (Å²) in [5.74, 6) is -0.273. The Morgan fingerprint density at radius 3 is 2.82 bits per heavy atom. The summed E-state index contributed by atoms with van der Waals surface area (Å²) in [6, 6.07) is 13.9. The summed E-state index contributed by atoms with van der Waals surface area (Å²) < 4.78 is 0. The zero-order chi connectivity index (χ0) is 15.5. The second-order valence-corrected chi connectivity index (χ2v) is 5.42. The highest BCUT2D eigenvalue weighted by atomic mass is 16.6. The molecule has 0 spiro atoms. The molecule has 2 aromatic rings. The minimum atomic E-state index is -0.493. The first-order chi connectivity index (χ1) is 10.6. The normalized spacial score (nSPS) is 16.6. The Morgan fingerprint density at radius 1 is 1.18 bits per heavy atom. The number of hydrogen-bond acceptors (Lipinski definition) is 3. The highest BCUT2D eigenvalue weighted by Crippen LogP contribution is 2.29. The number of benzene rings is 2. The standard InChI is InChI=1S/C17H16N2O3/c20-17(13-7-3-8-14(11-13)19(21)22)18-16-10-4-6-12-5-1-2-9-15(12)16/h1-3,5,7-9,11,16H,4,6,10H2,(H,18,20). The molecule has 1 unspecified atom stereocenters.